The molecule has 1 heterocycles. The van der Waals surface area contributed by atoms with Crippen LogP contribution in [0.4, 0.5) is 0 Å². The van der Waals surface area contributed by atoms with Crippen LogP contribution in [0.25, 0.3) is 5.69 Å². The summed E-state index contributed by atoms with van der Waals surface area (Å²) in [7, 11) is -3.52. The minimum absolute atomic E-state index is 0.0370. The van der Waals surface area contributed by atoms with Crippen molar-refractivity contribution in [3.05, 3.63) is 30.3 Å². The second-order valence-corrected chi connectivity index (χ2v) is 11.3. The van der Waals surface area contributed by atoms with E-state index in [4.69, 9.17) is 0 Å². The number of rotatable bonds is 7. The van der Waals surface area contributed by atoms with Crippen molar-refractivity contribution in [2.75, 3.05) is 5.75 Å². The Kier molecular flexibility index (Phi) is 6.86. The second-order valence-electron chi connectivity index (χ2n) is 9.34. The Morgan fingerprint density at radius 2 is 1.50 bits per heavy atom. The zero-order valence-electron chi connectivity index (χ0n) is 18.0. The Labute approximate surface area is 180 Å². The lowest BCUT2D eigenvalue weighted by molar-refractivity contribution is 0.148. The van der Waals surface area contributed by atoms with Gasteiger partial charge in [0.05, 0.1) is 11.4 Å². The van der Waals surface area contributed by atoms with Crippen LogP contribution >= 0.6 is 0 Å². The number of aromatic nitrogens is 4. The Morgan fingerprint density at radius 1 is 0.900 bits per heavy atom. The van der Waals surface area contributed by atoms with Crippen molar-refractivity contribution in [2.24, 2.45) is 23.7 Å². The quantitative estimate of drug-likeness (QED) is 0.627. The van der Waals surface area contributed by atoms with Crippen LogP contribution in [0.1, 0.15) is 71.1 Å². The molecule has 0 N–H and O–H groups in total. The summed E-state index contributed by atoms with van der Waals surface area (Å²) in [6.45, 7) is 2.29. The molecule has 1 aromatic carbocycles. The average Bonchev–Trinajstić information content (AvgIpc) is 3.27. The molecule has 0 amide bonds. The fraction of sp³-hybridized carbons (Fsp3) is 0.696. The summed E-state index contributed by atoms with van der Waals surface area (Å²) < 4.78 is 27.5. The fourth-order valence-corrected chi connectivity index (χ4v) is 7.34. The molecule has 30 heavy (non-hydrogen) atoms. The zero-order chi connectivity index (χ0) is 21.0. The fourth-order valence-electron chi connectivity index (χ4n) is 5.67. The Morgan fingerprint density at radius 3 is 2.10 bits per heavy atom. The maximum absolute atomic E-state index is 13.1. The molecule has 0 aliphatic heterocycles. The maximum atomic E-state index is 13.1. The van der Waals surface area contributed by atoms with Gasteiger partial charge in [-0.25, -0.2) is 8.42 Å². The maximum Gasteiger partial charge on any atom is 0.272 e. The van der Waals surface area contributed by atoms with Crippen molar-refractivity contribution in [3.8, 4) is 5.69 Å². The molecule has 4 rings (SSSR count). The van der Waals surface area contributed by atoms with Gasteiger partial charge in [-0.05, 0) is 84.8 Å². The Bertz CT molecular complexity index is 896. The Balaban J connectivity index is 1.33. The molecule has 2 aliphatic carbocycles. The smallest absolute Gasteiger partial charge is 0.220 e. The molecule has 2 saturated carbocycles. The molecule has 0 radical (unpaired) electrons. The van der Waals surface area contributed by atoms with Gasteiger partial charge in [-0.15, -0.1) is 0 Å². The minimum atomic E-state index is -3.52. The molecule has 0 unspecified atom stereocenters. The van der Waals surface area contributed by atoms with E-state index in [9.17, 15) is 8.42 Å². The van der Waals surface area contributed by atoms with Gasteiger partial charge >= 0.3 is 0 Å². The van der Waals surface area contributed by atoms with Crippen molar-refractivity contribution in [1.29, 1.82) is 0 Å². The van der Waals surface area contributed by atoms with Crippen molar-refractivity contribution in [2.45, 2.75) is 76.3 Å². The van der Waals surface area contributed by atoms with Gasteiger partial charge in [0.2, 0.25) is 9.84 Å². The third kappa shape index (κ3) is 4.93. The summed E-state index contributed by atoms with van der Waals surface area (Å²) in [5.41, 5.74) is 0.670. The van der Waals surface area contributed by atoms with E-state index in [0.717, 1.165) is 30.6 Å². The zero-order valence-corrected chi connectivity index (χ0v) is 18.8. The highest BCUT2D eigenvalue weighted by molar-refractivity contribution is 7.91. The highest BCUT2D eigenvalue weighted by Gasteiger charge is 2.34. The first-order valence-electron chi connectivity index (χ1n) is 11.6. The monoisotopic (exact) mass is 430 g/mol. The lowest BCUT2D eigenvalue weighted by Crippen LogP contribution is -2.28. The molecule has 164 valence electrons. The van der Waals surface area contributed by atoms with Crippen LogP contribution in [0, 0.1) is 23.7 Å². The van der Waals surface area contributed by atoms with Crippen LogP contribution in [0.15, 0.2) is 35.5 Å². The molecule has 6 nitrogen and oxygen atoms in total. The number of nitrogens with zero attached hydrogens (tertiary/aromatic N) is 4. The first kappa shape index (κ1) is 21.5. The second kappa shape index (κ2) is 9.58. The topological polar surface area (TPSA) is 77.7 Å². The first-order chi connectivity index (χ1) is 14.6. The van der Waals surface area contributed by atoms with E-state index in [0.29, 0.717) is 5.69 Å². The van der Waals surface area contributed by atoms with E-state index >= 15 is 0 Å². The van der Waals surface area contributed by atoms with Gasteiger partial charge in [0, 0.05) is 0 Å². The van der Waals surface area contributed by atoms with E-state index in [-0.39, 0.29) is 16.8 Å². The summed E-state index contributed by atoms with van der Waals surface area (Å²) in [6, 6.07) is 9.22. The van der Waals surface area contributed by atoms with E-state index < -0.39 is 9.84 Å². The SMILES string of the molecule is CCCC1CCC(C2CCC(CS(=O)(=O)c3nnnn3-c3ccccc3)CC2)CC1. The lowest BCUT2D eigenvalue weighted by atomic mass is 9.69. The normalized spacial score (nSPS) is 27.8. The highest BCUT2D eigenvalue weighted by atomic mass is 32.2. The first-order valence-corrected chi connectivity index (χ1v) is 13.3. The van der Waals surface area contributed by atoms with Crippen LogP contribution in [0.3, 0.4) is 0 Å². The van der Waals surface area contributed by atoms with E-state index in [2.05, 4.69) is 22.4 Å². The molecular weight excluding hydrogens is 396 g/mol. The molecule has 2 aromatic rings. The lowest BCUT2D eigenvalue weighted by Gasteiger charge is -2.37. The van der Waals surface area contributed by atoms with Gasteiger partial charge in [-0.2, -0.15) is 4.68 Å². The molecular formula is C23H34N4O2S. The summed E-state index contributed by atoms with van der Waals surface area (Å²) in [4.78, 5) is 0. The molecule has 0 atom stereocenters. The minimum Gasteiger partial charge on any atom is -0.220 e. The third-order valence-electron chi connectivity index (χ3n) is 7.32. The summed E-state index contributed by atoms with van der Waals surface area (Å²) in [6.07, 6.45) is 12.6. The predicted molar refractivity (Wildman–Crippen MR) is 117 cm³/mol. The van der Waals surface area contributed by atoms with E-state index in [1.165, 1.54) is 56.0 Å². The number of hydrogen-bond donors (Lipinski definition) is 0. The molecule has 0 saturated heterocycles. The van der Waals surface area contributed by atoms with Crippen LogP contribution in [-0.2, 0) is 9.84 Å². The van der Waals surface area contributed by atoms with Gasteiger partial charge in [-0.3, -0.25) is 0 Å². The van der Waals surface area contributed by atoms with Crippen LogP contribution < -0.4 is 0 Å². The third-order valence-corrected chi connectivity index (χ3v) is 9.04. The predicted octanol–water partition coefficient (Wildman–Crippen LogP) is 4.85. The van der Waals surface area contributed by atoms with Gasteiger partial charge in [-0.1, -0.05) is 55.9 Å². The summed E-state index contributed by atoms with van der Waals surface area (Å²) in [5.74, 6) is 2.96. The van der Waals surface area contributed by atoms with Gasteiger partial charge in [0.1, 0.15) is 0 Å². The summed E-state index contributed by atoms with van der Waals surface area (Å²) >= 11 is 0. The van der Waals surface area contributed by atoms with E-state index in [1.54, 1.807) is 0 Å². The number of benzene rings is 1. The van der Waals surface area contributed by atoms with Crippen molar-refractivity contribution >= 4 is 9.84 Å². The molecule has 0 bridgehead atoms. The van der Waals surface area contributed by atoms with Crippen molar-refractivity contribution in [1.82, 2.24) is 20.2 Å². The van der Waals surface area contributed by atoms with Crippen molar-refractivity contribution < 1.29 is 8.42 Å². The number of para-hydroxylation sites is 1. The molecule has 2 aliphatic rings. The molecule has 1 aromatic heterocycles. The molecule has 7 heteroatoms. The number of hydrogen-bond acceptors (Lipinski definition) is 5. The van der Waals surface area contributed by atoms with Gasteiger partial charge in [0.15, 0.2) is 0 Å². The largest absolute Gasteiger partial charge is 0.272 e. The highest BCUT2D eigenvalue weighted by Crippen LogP contribution is 2.42. The van der Waals surface area contributed by atoms with Crippen LogP contribution in [0.5, 0.6) is 0 Å². The summed E-state index contributed by atoms with van der Waals surface area (Å²) in [5, 5.41) is 11.4. The Hall–Kier alpha value is -1.76. The van der Waals surface area contributed by atoms with Gasteiger partial charge < -0.3 is 0 Å². The van der Waals surface area contributed by atoms with Crippen molar-refractivity contribution in [3.63, 3.8) is 0 Å². The average molecular weight is 431 g/mol. The molecule has 0 spiro atoms. The van der Waals surface area contributed by atoms with Crippen LogP contribution in [-0.4, -0.2) is 34.4 Å². The van der Waals surface area contributed by atoms with Gasteiger partial charge in [0.25, 0.3) is 5.16 Å². The number of tetrazole rings is 1. The number of sulfone groups is 1. The standard InChI is InChI=1S/C23H34N4O2S/c1-2-6-18-9-13-20(14-10-18)21-15-11-19(12-16-21)17-30(28,29)23-24-25-26-27(23)22-7-4-3-5-8-22/h3-5,7-8,18-21H,2,6,9-17H2,1H3. The van der Waals surface area contributed by atoms with Crippen LogP contribution in [0.2, 0.25) is 0 Å². The molecule has 2 fully saturated rings. The van der Waals surface area contributed by atoms with E-state index in [1.807, 2.05) is 30.3 Å².